The maximum atomic E-state index is 12.6. The first-order chi connectivity index (χ1) is 7.29. The molecule has 0 aliphatic heterocycles. The summed E-state index contributed by atoms with van der Waals surface area (Å²) in [5.74, 6) is -0.294. The van der Waals surface area contributed by atoms with E-state index < -0.39 is 17.5 Å². The molecule has 0 spiro atoms. The molecule has 88 valence electrons. The van der Waals surface area contributed by atoms with Gasteiger partial charge in [0.2, 0.25) is 0 Å². The first-order valence-electron chi connectivity index (χ1n) is 4.23. The predicted molar refractivity (Wildman–Crippen MR) is 60.7 cm³/mol. The molecule has 0 amide bonds. The zero-order valence-electron chi connectivity index (χ0n) is 8.48. The molecular formula is C10H8F3IO2. The fourth-order valence-electron chi connectivity index (χ4n) is 1.28. The lowest BCUT2D eigenvalue weighted by molar-refractivity contribution is -0.138. The zero-order chi connectivity index (χ0) is 12.5. The van der Waals surface area contributed by atoms with Crippen LogP contribution >= 0.6 is 22.6 Å². The third kappa shape index (κ3) is 2.47. The molecule has 1 rings (SSSR count). The molecule has 0 saturated carbocycles. The Morgan fingerprint density at radius 2 is 1.94 bits per heavy atom. The van der Waals surface area contributed by atoms with Gasteiger partial charge in [0.15, 0.2) is 5.78 Å². The number of carbonyl (C=O) groups is 1. The smallest absolute Gasteiger partial charge is 0.417 e. The van der Waals surface area contributed by atoms with Crippen LogP contribution in [0.1, 0.15) is 22.8 Å². The molecule has 0 bridgehead atoms. The molecular weight excluding hydrogens is 336 g/mol. The lowest BCUT2D eigenvalue weighted by Crippen LogP contribution is -2.12. The van der Waals surface area contributed by atoms with Crippen LogP contribution in [0, 0.1) is 3.57 Å². The zero-order valence-corrected chi connectivity index (χ0v) is 10.6. The van der Waals surface area contributed by atoms with E-state index in [1.54, 1.807) is 0 Å². The highest BCUT2D eigenvalue weighted by molar-refractivity contribution is 14.1. The number of hydrogen-bond acceptors (Lipinski definition) is 2. The Labute approximate surface area is 104 Å². The third-order valence-electron chi connectivity index (χ3n) is 1.98. The van der Waals surface area contributed by atoms with Crippen LogP contribution in [-0.2, 0) is 6.18 Å². The minimum Gasteiger partial charge on any atom is -0.496 e. The number of ketones is 1. The highest BCUT2D eigenvalue weighted by Gasteiger charge is 2.35. The summed E-state index contributed by atoms with van der Waals surface area (Å²) in [5, 5.41) is 0. The summed E-state index contributed by atoms with van der Waals surface area (Å²) >= 11 is 1.51. The van der Waals surface area contributed by atoms with Crippen LogP contribution in [0.15, 0.2) is 12.1 Å². The van der Waals surface area contributed by atoms with Gasteiger partial charge in [-0.2, -0.15) is 13.2 Å². The van der Waals surface area contributed by atoms with Crippen LogP contribution in [0.5, 0.6) is 5.75 Å². The second-order valence-corrected chi connectivity index (χ2v) is 4.14. The standard InChI is InChI=1S/C10H8F3IO2/c1-5(15)8-7(16-2)4-3-6(9(8)14)10(11,12)13/h3-4H,1-2H3. The number of benzene rings is 1. The van der Waals surface area contributed by atoms with Crippen LogP contribution in [0.25, 0.3) is 0 Å². The first kappa shape index (κ1) is 13.3. The number of rotatable bonds is 2. The van der Waals surface area contributed by atoms with Crippen LogP contribution in [0.4, 0.5) is 13.2 Å². The highest BCUT2D eigenvalue weighted by Crippen LogP contribution is 2.37. The Morgan fingerprint density at radius 1 is 1.38 bits per heavy atom. The average molecular weight is 344 g/mol. The average Bonchev–Trinajstić information content (AvgIpc) is 2.14. The summed E-state index contributed by atoms with van der Waals surface area (Å²) in [6.07, 6.45) is -4.47. The van der Waals surface area contributed by atoms with Gasteiger partial charge in [0.1, 0.15) is 5.75 Å². The van der Waals surface area contributed by atoms with Gasteiger partial charge in [-0.1, -0.05) is 0 Å². The summed E-state index contributed by atoms with van der Waals surface area (Å²) < 4.78 is 42.4. The molecule has 0 unspecified atom stereocenters. The fourth-order valence-corrected chi connectivity index (χ4v) is 2.41. The maximum absolute atomic E-state index is 12.6. The van der Waals surface area contributed by atoms with E-state index in [0.29, 0.717) is 0 Å². The first-order valence-corrected chi connectivity index (χ1v) is 5.31. The lowest BCUT2D eigenvalue weighted by Gasteiger charge is -2.14. The molecule has 0 saturated heterocycles. The van der Waals surface area contributed by atoms with Crippen molar-refractivity contribution in [2.75, 3.05) is 7.11 Å². The summed E-state index contributed by atoms with van der Waals surface area (Å²) in [6.45, 7) is 1.21. The van der Waals surface area contributed by atoms with Gasteiger partial charge in [0.05, 0.1) is 18.2 Å². The number of ether oxygens (including phenoxy) is 1. The number of Topliss-reactive ketones (excluding diaryl/α,β-unsaturated/α-hetero) is 1. The van der Waals surface area contributed by atoms with Crippen molar-refractivity contribution < 1.29 is 22.7 Å². The number of hydrogen-bond donors (Lipinski definition) is 0. The normalized spacial score (nSPS) is 11.4. The number of alkyl halides is 3. The minimum absolute atomic E-state index is 0.0297. The van der Waals surface area contributed by atoms with Crippen LogP contribution in [0.3, 0.4) is 0 Å². The molecule has 2 nitrogen and oxygen atoms in total. The van der Waals surface area contributed by atoms with Crippen LogP contribution in [0.2, 0.25) is 0 Å². The van der Waals surface area contributed by atoms with Gasteiger partial charge in [-0.25, -0.2) is 0 Å². The second-order valence-electron chi connectivity index (χ2n) is 3.06. The summed E-state index contributed by atoms with van der Waals surface area (Å²) in [4.78, 5) is 11.3. The molecule has 0 heterocycles. The Kier molecular flexibility index (Phi) is 3.82. The minimum atomic E-state index is -4.47. The summed E-state index contributed by atoms with van der Waals surface area (Å²) in [6, 6.07) is 2.06. The highest BCUT2D eigenvalue weighted by atomic mass is 127. The molecule has 6 heteroatoms. The molecule has 0 atom stereocenters. The molecule has 16 heavy (non-hydrogen) atoms. The SMILES string of the molecule is COc1ccc(C(F)(F)F)c(I)c1C(C)=O. The molecule has 0 aliphatic carbocycles. The Balaban J connectivity index is 3.50. The van der Waals surface area contributed by atoms with Gasteiger partial charge in [-0.3, -0.25) is 4.79 Å². The van der Waals surface area contributed by atoms with E-state index >= 15 is 0 Å². The van der Waals surface area contributed by atoms with Crippen molar-refractivity contribution in [3.05, 3.63) is 26.8 Å². The van der Waals surface area contributed by atoms with Crippen molar-refractivity contribution in [3.8, 4) is 5.75 Å². The van der Waals surface area contributed by atoms with Crippen molar-refractivity contribution >= 4 is 28.4 Å². The van der Waals surface area contributed by atoms with E-state index in [9.17, 15) is 18.0 Å². The second kappa shape index (κ2) is 4.60. The largest absolute Gasteiger partial charge is 0.496 e. The van der Waals surface area contributed by atoms with Gasteiger partial charge in [-0.05, 0) is 41.6 Å². The van der Waals surface area contributed by atoms with Gasteiger partial charge >= 0.3 is 6.18 Å². The molecule has 0 fully saturated rings. The van der Waals surface area contributed by atoms with Crippen molar-refractivity contribution in [2.45, 2.75) is 13.1 Å². The fraction of sp³-hybridized carbons (Fsp3) is 0.300. The molecule has 1 aromatic carbocycles. The molecule has 0 aliphatic rings. The quantitative estimate of drug-likeness (QED) is 0.606. The lowest BCUT2D eigenvalue weighted by atomic mass is 10.1. The van der Waals surface area contributed by atoms with E-state index in [4.69, 9.17) is 4.74 Å². The predicted octanol–water partition coefficient (Wildman–Crippen LogP) is 3.52. The van der Waals surface area contributed by atoms with Crippen molar-refractivity contribution in [1.82, 2.24) is 0 Å². The molecule has 1 aromatic rings. The van der Waals surface area contributed by atoms with Gasteiger partial charge in [0.25, 0.3) is 0 Å². The molecule has 0 radical (unpaired) electrons. The monoisotopic (exact) mass is 344 g/mol. The topological polar surface area (TPSA) is 26.3 Å². The van der Waals surface area contributed by atoms with E-state index in [1.807, 2.05) is 0 Å². The van der Waals surface area contributed by atoms with E-state index in [0.717, 1.165) is 12.1 Å². The van der Waals surface area contributed by atoms with E-state index in [2.05, 4.69) is 0 Å². The molecule has 0 N–H and O–H groups in total. The Hall–Kier alpha value is -0.790. The van der Waals surface area contributed by atoms with Crippen LogP contribution < -0.4 is 4.74 Å². The molecule has 0 aromatic heterocycles. The van der Waals surface area contributed by atoms with Crippen molar-refractivity contribution in [2.24, 2.45) is 0 Å². The summed E-state index contributed by atoms with van der Waals surface area (Å²) in [5.41, 5.74) is -0.850. The van der Waals surface area contributed by atoms with Gasteiger partial charge < -0.3 is 4.74 Å². The van der Waals surface area contributed by atoms with E-state index in [-0.39, 0.29) is 14.9 Å². The number of methoxy groups -OCH3 is 1. The Bertz CT molecular complexity index is 427. The van der Waals surface area contributed by atoms with Gasteiger partial charge in [-0.15, -0.1) is 0 Å². The van der Waals surface area contributed by atoms with Crippen molar-refractivity contribution in [3.63, 3.8) is 0 Å². The van der Waals surface area contributed by atoms with Crippen LogP contribution in [-0.4, -0.2) is 12.9 Å². The van der Waals surface area contributed by atoms with Gasteiger partial charge in [0, 0.05) is 3.57 Å². The maximum Gasteiger partial charge on any atom is 0.417 e. The Morgan fingerprint density at radius 3 is 2.31 bits per heavy atom. The van der Waals surface area contributed by atoms with E-state index in [1.165, 1.54) is 36.6 Å². The summed E-state index contributed by atoms with van der Waals surface area (Å²) in [7, 11) is 1.31. The number of carbonyl (C=O) groups excluding carboxylic acids is 1. The number of halogens is 4. The van der Waals surface area contributed by atoms with Crippen molar-refractivity contribution in [1.29, 1.82) is 0 Å². The third-order valence-corrected chi connectivity index (χ3v) is 3.10.